The lowest BCUT2D eigenvalue weighted by molar-refractivity contribution is -0.321. The van der Waals surface area contributed by atoms with Crippen LogP contribution < -0.4 is 0 Å². The van der Waals surface area contributed by atoms with Crippen LogP contribution in [0, 0.1) is 0 Å². The van der Waals surface area contributed by atoms with Crippen LogP contribution in [-0.4, -0.2) is 18.0 Å². The average Bonchev–Trinajstić information content (AvgIpc) is 2.24. The van der Waals surface area contributed by atoms with Crippen molar-refractivity contribution in [2.75, 3.05) is 0 Å². The number of halogens is 7. The first-order chi connectivity index (χ1) is 8.08. The minimum atomic E-state index is -6.06. The summed E-state index contributed by atoms with van der Waals surface area (Å²) >= 11 is 0. The van der Waals surface area contributed by atoms with Crippen LogP contribution in [0.1, 0.15) is 5.56 Å². The lowest BCUT2D eigenvalue weighted by Gasteiger charge is -2.26. The van der Waals surface area contributed by atoms with Crippen molar-refractivity contribution in [2.24, 2.45) is 0 Å². The van der Waals surface area contributed by atoms with Gasteiger partial charge in [0.15, 0.2) is 0 Å². The van der Waals surface area contributed by atoms with E-state index in [1.807, 2.05) is 0 Å². The van der Waals surface area contributed by atoms with Gasteiger partial charge in [0.05, 0.1) is 0 Å². The molecule has 100 valence electrons. The lowest BCUT2D eigenvalue weighted by Crippen LogP contribution is -2.51. The zero-order valence-corrected chi connectivity index (χ0v) is 8.69. The zero-order chi connectivity index (χ0) is 14.0. The van der Waals surface area contributed by atoms with E-state index < -0.39 is 24.1 Å². The Kier molecular flexibility index (Phi) is 3.73. The van der Waals surface area contributed by atoms with E-state index in [2.05, 4.69) is 0 Å². The Morgan fingerprint density at radius 2 is 1.17 bits per heavy atom. The molecule has 0 nitrogen and oxygen atoms in total. The van der Waals surface area contributed by atoms with Crippen LogP contribution in [0.25, 0.3) is 6.08 Å². The smallest absolute Gasteiger partial charge is 0.219 e. The van der Waals surface area contributed by atoms with Crippen LogP contribution in [0.4, 0.5) is 30.7 Å². The van der Waals surface area contributed by atoms with Gasteiger partial charge in [-0.25, -0.2) is 4.39 Å². The Hall–Kier alpha value is -1.53. The van der Waals surface area contributed by atoms with Gasteiger partial charge in [0.1, 0.15) is 0 Å². The van der Waals surface area contributed by atoms with Gasteiger partial charge in [-0.15, -0.1) is 0 Å². The van der Waals surface area contributed by atoms with Crippen LogP contribution in [0.5, 0.6) is 0 Å². The summed E-state index contributed by atoms with van der Waals surface area (Å²) in [5.74, 6) is 0. The van der Waals surface area contributed by atoms with Crippen molar-refractivity contribution in [1.82, 2.24) is 0 Å². The van der Waals surface area contributed by atoms with E-state index >= 15 is 0 Å². The summed E-state index contributed by atoms with van der Waals surface area (Å²) in [5.41, 5.74) is -5.32. The summed E-state index contributed by atoms with van der Waals surface area (Å²) in [6.45, 7) is 0. The molecule has 0 fully saturated rings. The number of alkyl halides is 7. The van der Waals surface area contributed by atoms with Crippen LogP contribution in [0.3, 0.4) is 0 Å². The van der Waals surface area contributed by atoms with E-state index in [-0.39, 0.29) is 5.56 Å². The molecule has 0 spiro atoms. The highest BCUT2D eigenvalue weighted by Crippen LogP contribution is 2.47. The summed E-state index contributed by atoms with van der Waals surface area (Å²) in [7, 11) is 0. The molecular formula is C11H7F7. The maximum absolute atomic E-state index is 13.2. The van der Waals surface area contributed by atoms with Crippen molar-refractivity contribution >= 4 is 6.08 Å². The Bertz CT molecular complexity index is 399. The van der Waals surface area contributed by atoms with Crippen LogP contribution in [0.2, 0.25) is 0 Å². The SMILES string of the molecule is FC(F)(F)C(F)(C=Cc1ccccc1)C(F)(F)F. The molecule has 0 aliphatic heterocycles. The van der Waals surface area contributed by atoms with Gasteiger partial charge in [0.25, 0.3) is 0 Å². The van der Waals surface area contributed by atoms with Gasteiger partial charge in [-0.05, 0) is 11.6 Å². The van der Waals surface area contributed by atoms with Crippen molar-refractivity contribution < 1.29 is 30.7 Å². The van der Waals surface area contributed by atoms with Crippen LogP contribution in [0.15, 0.2) is 36.4 Å². The zero-order valence-electron chi connectivity index (χ0n) is 8.69. The lowest BCUT2D eigenvalue weighted by atomic mass is 10.0. The van der Waals surface area contributed by atoms with Gasteiger partial charge in [0, 0.05) is 0 Å². The van der Waals surface area contributed by atoms with E-state index in [1.54, 1.807) is 0 Å². The predicted molar refractivity (Wildman–Crippen MR) is 51.4 cm³/mol. The Morgan fingerprint density at radius 1 is 0.722 bits per heavy atom. The highest BCUT2D eigenvalue weighted by Gasteiger charge is 2.71. The molecule has 0 saturated carbocycles. The summed E-state index contributed by atoms with van der Waals surface area (Å²) in [6, 6.07) is 6.84. The quantitative estimate of drug-likeness (QED) is 0.694. The first-order valence-electron chi connectivity index (χ1n) is 4.64. The minimum Gasteiger partial charge on any atom is -0.219 e. The molecule has 1 aromatic rings. The third kappa shape index (κ3) is 2.83. The summed E-state index contributed by atoms with van der Waals surface area (Å²) in [6.07, 6.45) is -12.2. The highest BCUT2D eigenvalue weighted by atomic mass is 19.4. The Balaban J connectivity index is 3.13. The summed E-state index contributed by atoms with van der Waals surface area (Å²) in [4.78, 5) is 0. The maximum atomic E-state index is 13.2. The average molecular weight is 272 g/mol. The van der Waals surface area contributed by atoms with Crippen LogP contribution >= 0.6 is 0 Å². The van der Waals surface area contributed by atoms with Crippen molar-refractivity contribution in [1.29, 1.82) is 0 Å². The van der Waals surface area contributed by atoms with Gasteiger partial charge in [-0.2, -0.15) is 26.3 Å². The molecule has 0 radical (unpaired) electrons. The number of rotatable bonds is 2. The van der Waals surface area contributed by atoms with E-state index in [4.69, 9.17) is 0 Å². The molecule has 0 saturated heterocycles. The molecule has 0 heterocycles. The monoisotopic (exact) mass is 272 g/mol. The molecule has 7 heteroatoms. The molecule has 1 rings (SSSR count). The predicted octanol–water partition coefficient (Wildman–Crippen LogP) is 4.53. The molecule has 0 aromatic heterocycles. The Labute approximate surface area is 97.7 Å². The second-order valence-electron chi connectivity index (χ2n) is 3.45. The number of allylic oxidation sites excluding steroid dienone is 1. The number of hydrogen-bond acceptors (Lipinski definition) is 0. The molecule has 18 heavy (non-hydrogen) atoms. The van der Waals surface area contributed by atoms with E-state index in [0.29, 0.717) is 6.08 Å². The molecule has 0 bridgehead atoms. The molecular weight excluding hydrogens is 265 g/mol. The molecule has 0 unspecified atom stereocenters. The first-order valence-corrected chi connectivity index (χ1v) is 4.64. The fourth-order valence-corrected chi connectivity index (χ4v) is 1.12. The molecule has 0 aliphatic carbocycles. The second kappa shape index (κ2) is 4.62. The Morgan fingerprint density at radius 3 is 1.56 bits per heavy atom. The van der Waals surface area contributed by atoms with Crippen molar-refractivity contribution in [2.45, 2.75) is 18.0 Å². The first kappa shape index (κ1) is 14.5. The van der Waals surface area contributed by atoms with Gasteiger partial charge in [0.2, 0.25) is 0 Å². The van der Waals surface area contributed by atoms with Crippen LogP contribution in [-0.2, 0) is 0 Å². The van der Waals surface area contributed by atoms with Gasteiger partial charge in [-0.1, -0.05) is 36.4 Å². The third-order valence-electron chi connectivity index (χ3n) is 2.13. The summed E-state index contributed by atoms with van der Waals surface area (Å²) in [5, 5.41) is 0. The van der Waals surface area contributed by atoms with Gasteiger partial charge >= 0.3 is 18.0 Å². The van der Waals surface area contributed by atoms with E-state index in [1.165, 1.54) is 30.3 Å². The van der Waals surface area contributed by atoms with Gasteiger partial charge in [-0.3, -0.25) is 0 Å². The number of benzene rings is 1. The fourth-order valence-electron chi connectivity index (χ4n) is 1.12. The van der Waals surface area contributed by atoms with Crippen molar-refractivity contribution in [3.05, 3.63) is 42.0 Å². The topological polar surface area (TPSA) is 0 Å². The second-order valence-corrected chi connectivity index (χ2v) is 3.45. The molecule has 1 aromatic carbocycles. The largest absolute Gasteiger partial charge is 0.435 e. The fraction of sp³-hybridized carbons (Fsp3) is 0.273. The van der Waals surface area contributed by atoms with Crippen molar-refractivity contribution in [3.8, 4) is 0 Å². The molecule has 0 amide bonds. The normalized spacial score (nSPS) is 14.2. The number of hydrogen-bond donors (Lipinski definition) is 0. The van der Waals surface area contributed by atoms with E-state index in [9.17, 15) is 30.7 Å². The molecule has 0 atom stereocenters. The molecule has 0 aliphatic rings. The molecule has 0 N–H and O–H groups in total. The minimum absolute atomic E-state index is 0.0352. The highest BCUT2D eigenvalue weighted by molar-refractivity contribution is 5.50. The third-order valence-corrected chi connectivity index (χ3v) is 2.13. The standard InChI is InChI=1S/C11H7F7/c12-9(10(13,14)15,11(16,17)18)7-6-8-4-2-1-3-5-8/h1-7H. The van der Waals surface area contributed by atoms with Crippen molar-refractivity contribution in [3.63, 3.8) is 0 Å². The van der Waals surface area contributed by atoms with E-state index in [0.717, 1.165) is 0 Å². The maximum Gasteiger partial charge on any atom is 0.435 e. The van der Waals surface area contributed by atoms with Gasteiger partial charge < -0.3 is 0 Å². The summed E-state index contributed by atoms with van der Waals surface area (Å²) < 4.78 is 86.1.